The van der Waals surface area contributed by atoms with E-state index in [-0.39, 0.29) is 22.8 Å². The zero-order valence-corrected chi connectivity index (χ0v) is 22.4. The first kappa shape index (κ1) is 29.5. The average molecular weight is 499 g/mol. The predicted octanol–water partition coefficient (Wildman–Crippen LogP) is 8.61. The van der Waals surface area contributed by atoms with Gasteiger partial charge in [0, 0.05) is 0 Å². The van der Waals surface area contributed by atoms with Crippen molar-refractivity contribution in [3.63, 3.8) is 0 Å². The van der Waals surface area contributed by atoms with E-state index in [1.807, 2.05) is 6.07 Å². The fraction of sp³-hybridized carbons (Fsp3) is 0.581. The highest BCUT2D eigenvalue weighted by Crippen LogP contribution is 2.36. The summed E-state index contributed by atoms with van der Waals surface area (Å²) in [5.41, 5.74) is 1.25. The highest BCUT2D eigenvalue weighted by atomic mass is 16.5. The Morgan fingerprint density at radius 2 is 1.11 bits per heavy atom. The van der Waals surface area contributed by atoms with Crippen LogP contribution in [0.2, 0.25) is 0 Å². The first-order valence-corrected chi connectivity index (χ1v) is 14.1. The van der Waals surface area contributed by atoms with Crippen LogP contribution >= 0.6 is 0 Å². The van der Waals surface area contributed by atoms with Gasteiger partial charge >= 0.3 is 5.97 Å². The summed E-state index contributed by atoms with van der Waals surface area (Å²) in [6, 6.07) is 8.27. The SMILES string of the molecule is CCCCCCCCCc1cccc(OC(=O)c2ccc(CCCCCCCCC)c(O)c2O)c1O. The number of rotatable bonds is 18. The summed E-state index contributed by atoms with van der Waals surface area (Å²) in [7, 11) is 0. The molecule has 0 aromatic heterocycles. The number of unbranched alkanes of at least 4 members (excludes halogenated alkanes) is 12. The van der Waals surface area contributed by atoms with Crippen molar-refractivity contribution in [3.05, 3.63) is 47.0 Å². The predicted molar refractivity (Wildman–Crippen MR) is 146 cm³/mol. The van der Waals surface area contributed by atoms with E-state index in [2.05, 4.69) is 13.8 Å². The van der Waals surface area contributed by atoms with Crippen LogP contribution in [-0.4, -0.2) is 21.3 Å². The van der Waals surface area contributed by atoms with Gasteiger partial charge in [0.25, 0.3) is 0 Å². The Kier molecular flexibility index (Phi) is 13.9. The summed E-state index contributed by atoms with van der Waals surface area (Å²) < 4.78 is 5.40. The molecule has 0 fully saturated rings. The third-order valence-electron chi connectivity index (χ3n) is 6.84. The van der Waals surface area contributed by atoms with Crippen molar-refractivity contribution in [2.75, 3.05) is 0 Å². The first-order chi connectivity index (χ1) is 17.5. The minimum absolute atomic E-state index is 0.0453. The van der Waals surface area contributed by atoms with E-state index in [4.69, 9.17) is 4.74 Å². The van der Waals surface area contributed by atoms with Gasteiger partial charge in [-0.2, -0.15) is 0 Å². The Morgan fingerprint density at radius 1 is 0.611 bits per heavy atom. The van der Waals surface area contributed by atoms with E-state index in [0.717, 1.165) is 31.2 Å². The van der Waals surface area contributed by atoms with Crippen molar-refractivity contribution in [2.24, 2.45) is 0 Å². The molecule has 0 aliphatic carbocycles. The highest BCUT2D eigenvalue weighted by molar-refractivity contribution is 5.95. The number of benzene rings is 2. The molecule has 0 aliphatic rings. The van der Waals surface area contributed by atoms with Gasteiger partial charge in [0.1, 0.15) is 5.56 Å². The van der Waals surface area contributed by atoms with E-state index in [1.165, 1.54) is 76.3 Å². The van der Waals surface area contributed by atoms with Crippen LogP contribution in [0.4, 0.5) is 0 Å². The smallest absolute Gasteiger partial charge is 0.347 e. The van der Waals surface area contributed by atoms with Crippen LogP contribution in [0.3, 0.4) is 0 Å². The lowest BCUT2D eigenvalue weighted by Gasteiger charge is -2.13. The van der Waals surface area contributed by atoms with Gasteiger partial charge in [0.05, 0.1) is 0 Å². The molecule has 0 amide bonds. The maximum Gasteiger partial charge on any atom is 0.347 e. The molecule has 0 atom stereocenters. The number of ether oxygens (including phenoxy) is 1. The van der Waals surface area contributed by atoms with Gasteiger partial charge in [0.15, 0.2) is 23.0 Å². The molecule has 0 radical (unpaired) electrons. The lowest BCUT2D eigenvalue weighted by atomic mass is 10.0. The number of para-hydroxylation sites is 1. The molecule has 5 nitrogen and oxygen atoms in total. The van der Waals surface area contributed by atoms with E-state index in [1.54, 1.807) is 12.1 Å². The molecule has 0 saturated heterocycles. The molecule has 0 bridgehead atoms. The molecule has 200 valence electrons. The number of hydrogen-bond donors (Lipinski definition) is 3. The fourth-order valence-corrected chi connectivity index (χ4v) is 4.54. The Hall–Kier alpha value is -2.69. The molecule has 2 aromatic rings. The lowest BCUT2D eigenvalue weighted by molar-refractivity contribution is 0.0725. The number of carbonyl (C=O) groups is 1. The number of hydrogen-bond acceptors (Lipinski definition) is 5. The van der Waals surface area contributed by atoms with Crippen LogP contribution in [0.25, 0.3) is 0 Å². The van der Waals surface area contributed by atoms with Crippen LogP contribution in [0.5, 0.6) is 23.0 Å². The van der Waals surface area contributed by atoms with Crippen molar-refractivity contribution in [1.82, 2.24) is 0 Å². The molecular weight excluding hydrogens is 452 g/mol. The summed E-state index contributed by atoms with van der Waals surface area (Å²) in [4.78, 5) is 12.7. The maximum atomic E-state index is 12.7. The maximum absolute atomic E-state index is 12.7. The quantitative estimate of drug-likeness (QED) is 0.0829. The van der Waals surface area contributed by atoms with Gasteiger partial charge < -0.3 is 20.1 Å². The van der Waals surface area contributed by atoms with Gasteiger partial charge in [-0.25, -0.2) is 4.79 Å². The number of phenolic OH excluding ortho intramolecular Hbond substituents is 3. The number of carbonyl (C=O) groups excluding carboxylic acids is 1. The molecule has 0 aliphatic heterocycles. The van der Waals surface area contributed by atoms with Crippen LogP contribution in [0.1, 0.15) is 125 Å². The summed E-state index contributed by atoms with van der Waals surface area (Å²) >= 11 is 0. The second kappa shape index (κ2) is 16.9. The molecule has 0 saturated carbocycles. The second-order valence-corrected chi connectivity index (χ2v) is 9.87. The van der Waals surface area contributed by atoms with Gasteiger partial charge in [-0.15, -0.1) is 0 Å². The van der Waals surface area contributed by atoms with Crippen LogP contribution in [0.15, 0.2) is 30.3 Å². The first-order valence-electron chi connectivity index (χ1n) is 14.1. The third kappa shape index (κ3) is 9.75. The minimum atomic E-state index is -0.811. The van der Waals surface area contributed by atoms with Crippen LogP contribution in [0, 0.1) is 0 Å². The number of aryl methyl sites for hydroxylation is 2. The minimum Gasteiger partial charge on any atom is -0.504 e. The topological polar surface area (TPSA) is 87.0 Å². The standard InChI is InChI=1S/C31H46O5/c1-3-5-7-9-11-13-15-18-24-20-17-21-27(28(24)32)36-31(35)26-23-22-25(29(33)30(26)34)19-16-14-12-10-8-6-4-2/h17,20-23,32-34H,3-16,18-19H2,1-2H3. The zero-order chi connectivity index (χ0) is 26.2. The van der Waals surface area contributed by atoms with Gasteiger partial charge in [-0.3, -0.25) is 0 Å². The van der Waals surface area contributed by atoms with Crippen LogP contribution < -0.4 is 4.74 Å². The molecule has 5 heteroatoms. The fourth-order valence-electron chi connectivity index (χ4n) is 4.54. The Labute approximate surface area is 217 Å². The van der Waals surface area contributed by atoms with Gasteiger partial charge in [-0.1, -0.05) is 109 Å². The Morgan fingerprint density at radius 3 is 1.67 bits per heavy atom. The summed E-state index contributed by atoms with van der Waals surface area (Å²) in [5.74, 6) is -1.54. The number of aromatic hydroxyl groups is 3. The monoisotopic (exact) mass is 498 g/mol. The average Bonchev–Trinajstić information content (AvgIpc) is 2.87. The Balaban J connectivity index is 1.89. The molecule has 36 heavy (non-hydrogen) atoms. The summed E-state index contributed by atoms with van der Waals surface area (Å²) in [6.07, 6.45) is 17.8. The largest absolute Gasteiger partial charge is 0.504 e. The summed E-state index contributed by atoms with van der Waals surface area (Å²) in [6.45, 7) is 4.41. The van der Waals surface area contributed by atoms with E-state index in [9.17, 15) is 20.1 Å². The zero-order valence-electron chi connectivity index (χ0n) is 22.4. The number of phenols is 3. The highest BCUT2D eigenvalue weighted by Gasteiger charge is 2.21. The third-order valence-corrected chi connectivity index (χ3v) is 6.84. The molecule has 2 aromatic carbocycles. The van der Waals surface area contributed by atoms with Crippen molar-refractivity contribution in [1.29, 1.82) is 0 Å². The molecule has 0 unspecified atom stereocenters. The molecule has 0 spiro atoms. The molecule has 0 heterocycles. The van der Waals surface area contributed by atoms with Crippen molar-refractivity contribution < 1.29 is 24.9 Å². The van der Waals surface area contributed by atoms with E-state index < -0.39 is 11.7 Å². The number of esters is 1. The normalized spacial score (nSPS) is 11.1. The van der Waals surface area contributed by atoms with E-state index in [0.29, 0.717) is 18.4 Å². The van der Waals surface area contributed by atoms with Crippen molar-refractivity contribution >= 4 is 5.97 Å². The van der Waals surface area contributed by atoms with Crippen molar-refractivity contribution in [2.45, 2.75) is 117 Å². The second-order valence-electron chi connectivity index (χ2n) is 9.87. The van der Waals surface area contributed by atoms with Gasteiger partial charge in [-0.05, 0) is 48.9 Å². The summed E-state index contributed by atoms with van der Waals surface area (Å²) in [5, 5.41) is 31.5. The molecular formula is C31H46O5. The van der Waals surface area contributed by atoms with Gasteiger partial charge in [0.2, 0.25) is 0 Å². The Bertz CT molecular complexity index is 921. The lowest BCUT2D eigenvalue weighted by Crippen LogP contribution is -2.09. The molecule has 2 rings (SSSR count). The molecule has 3 N–H and O–H groups in total. The van der Waals surface area contributed by atoms with E-state index >= 15 is 0 Å². The van der Waals surface area contributed by atoms with Crippen LogP contribution in [-0.2, 0) is 12.8 Å². The van der Waals surface area contributed by atoms with Crippen molar-refractivity contribution in [3.8, 4) is 23.0 Å².